The third kappa shape index (κ3) is 3.91. The maximum Gasteiger partial charge on any atom is 0.227 e. The lowest BCUT2D eigenvalue weighted by Crippen LogP contribution is -1.96. The number of pyridine rings is 1. The van der Waals surface area contributed by atoms with Crippen molar-refractivity contribution in [3.05, 3.63) is 84.1 Å². The van der Waals surface area contributed by atoms with Gasteiger partial charge >= 0.3 is 0 Å². The number of allylic oxidation sites excluding steroid dienone is 2. The molecule has 0 saturated carbocycles. The van der Waals surface area contributed by atoms with E-state index in [9.17, 15) is 0 Å². The van der Waals surface area contributed by atoms with Crippen LogP contribution in [0.1, 0.15) is 30.8 Å². The highest BCUT2D eigenvalue weighted by atomic mass is 16.5. The number of aryl methyl sites for hydroxylation is 2. The third-order valence-electron chi connectivity index (χ3n) is 4.31. The van der Waals surface area contributed by atoms with Gasteiger partial charge in [-0.1, -0.05) is 25.6 Å². The number of nitrogens with zero attached hydrogens (tertiary/aromatic N) is 3. The van der Waals surface area contributed by atoms with Crippen LogP contribution in [-0.2, 0) is 6.42 Å². The number of imidazole rings is 1. The van der Waals surface area contributed by atoms with Crippen molar-refractivity contribution in [1.82, 2.24) is 14.5 Å². The van der Waals surface area contributed by atoms with E-state index in [1.54, 1.807) is 12.4 Å². The van der Waals surface area contributed by atoms with Crippen molar-refractivity contribution in [3.8, 4) is 11.6 Å². The lowest BCUT2D eigenvalue weighted by molar-refractivity contribution is 0.461. The number of benzene rings is 1. The predicted octanol–water partition coefficient (Wildman–Crippen LogP) is 5.52. The summed E-state index contributed by atoms with van der Waals surface area (Å²) in [5.74, 6) is 2.25. The first kappa shape index (κ1) is 17.7. The molecule has 0 aliphatic rings. The first-order valence-electron chi connectivity index (χ1n) is 8.67. The Hall–Kier alpha value is -3.14. The van der Waals surface area contributed by atoms with E-state index in [1.165, 1.54) is 5.56 Å². The van der Waals surface area contributed by atoms with Crippen LogP contribution in [-0.4, -0.2) is 14.5 Å². The summed E-state index contributed by atoms with van der Waals surface area (Å²) in [6.07, 6.45) is 8.44. The van der Waals surface area contributed by atoms with Gasteiger partial charge in [-0.25, -0.2) is 9.97 Å². The second-order valence-electron chi connectivity index (χ2n) is 6.13. The van der Waals surface area contributed by atoms with Crippen LogP contribution in [0.4, 0.5) is 0 Å². The van der Waals surface area contributed by atoms with Crippen LogP contribution in [0.15, 0.2) is 67.1 Å². The molecule has 0 N–H and O–H groups in total. The van der Waals surface area contributed by atoms with E-state index in [4.69, 9.17) is 4.74 Å². The fourth-order valence-electron chi connectivity index (χ4n) is 2.63. The first-order chi connectivity index (χ1) is 12.6. The minimum Gasteiger partial charge on any atom is -0.438 e. The number of aromatic nitrogens is 3. The highest BCUT2D eigenvalue weighted by Gasteiger charge is 2.11. The molecule has 132 valence electrons. The largest absolute Gasteiger partial charge is 0.438 e. The summed E-state index contributed by atoms with van der Waals surface area (Å²) in [4.78, 5) is 8.65. The van der Waals surface area contributed by atoms with Gasteiger partial charge in [-0.3, -0.25) is 0 Å². The van der Waals surface area contributed by atoms with Crippen molar-refractivity contribution in [3.63, 3.8) is 0 Å². The van der Waals surface area contributed by atoms with Crippen LogP contribution in [0.25, 0.3) is 11.8 Å². The van der Waals surface area contributed by atoms with E-state index < -0.39 is 0 Å². The molecule has 0 unspecified atom stereocenters. The number of rotatable bonds is 6. The zero-order valence-electron chi connectivity index (χ0n) is 15.4. The lowest BCUT2D eigenvalue weighted by atomic mass is 10.0. The summed E-state index contributed by atoms with van der Waals surface area (Å²) in [6, 6.07) is 11.9. The highest BCUT2D eigenvalue weighted by Crippen LogP contribution is 2.31. The Morgan fingerprint density at radius 2 is 1.92 bits per heavy atom. The van der Waals surface area contributed by atoms with Gasteiger partial charge < -0.3 is 9.30 Å². The molecule has 3 aromatic rings. The van der Waals surface area contributed by atoms with Gasteiger partial charge in [0.2, 0.25) is 5.88 Å². The standard InChI is InChI=1S/C22H23N3O/c1-5-19-8-10-20(11-9-19)26-22-21(7-6-12-24-22)17(3)16(2)15-25-14-13-23-18(25)4/h6-15H,3,5H2,1-2,4H3/b16-15-. The van der Waals surface area contributed by atoms with Gasteiger partial charge in [0.05, 0.1) is 0 Å². The Morgan fingerprint density at radius 3 is 2.58 bits per heavy atom. The minimum atomic E-state index is 0.553. The second-order valence-corrected chi connectivity index (χ2v) is 6.13. The molecule has 0 bridgehead atoms. The second kappa shape index (κ2) is 7.83. The number of hydrogen-bond acceptors (Lipinski definition) is 3. The maximum absolute atomic E-state index is 6.02. The molecule has 0 atom stereocenters. The molecular formula is C22H23N3O. The van der Waals surface area contributed by atoms with Crippen molar-refractivity contribution in [1.29, 1.82) is 0 Å². The molecule has 1 aromatic carbocycles. The molecule has 0 aliphatic heterocycles. The Balaban J connectivity index is 1.87. The van der Waals surface area contributed by atoms with Crippen molar-refractivity contribution in [2.45, 2.75) is 27.2 Å². The molecule has 0 amide bonds. The summed E-state index contributed by atoms with van der Waals surface area (Å²) < 4.78 is 7.99. The van der Waals surface area contributed by atoms with Crippen molar-refractivity contribution in [2.24, 2.45) is 0 Å². The molecule has 2 aromatic heterocycles. The SMILES string of the molecule is C=C(/C(C)=C\n1ccnc1C)c1cccnc1Oc1ccc(CC)cc1. The number of ether oxygens (including phenoxy) is 1. The summed E-state index contributed by atoms with van der Waals surface area (Å²) in [5.41, 5.74) is 4.03. The highest BCUT2D eigenvalue weighted by molar-refractivity contribution is 5.82. The third-order valence-corrected chi connectivity index (χ3v) is 4.31. The van der Waals surface area contributed by atoms with Crippen LogP contribution in [0, 0.1) is 6.92 Å². The summed E-state index contributed by atoms with van der Waals surface area (Å²) in [7, 11) is 0. The maximum atomic E-state index is 6.02. The van der Waals surface area contributed by atoms with Gasteiger partial charge in [-0.2, -0.15) is 0 Å². The van der Waals surface area contributed by atoms with E-state index in [0.717, 1.165) is 34.7 Å². The monoisotopic (exact) mass is 345 g/mol. The molecule has 0 aliphatic carbocycles. The van der Waals surface area contributed by atoms with Crippen molar-refractivity contribution < 1.29 is 4.74 Å². The fourth-order valence-corrected chi connectivity index (χ4v) is 2.63. The molecule has 0 saturated heterocycles. The molecule has 0 fully saturated rings. The predicted molar refractivity (Wildman–Crippen MR) is 106 cm³/mol. The van der Waals surface area contributed by atoms with E-state index in [-0.39, 0.29) is 0 Å². The van der Waals surface area contributed by atoms with Crippen LogP contribution in [0.5, 0.6) is 11.6 Å². The van der Waals surface area contributed by atoms with Crippen LogP contribution < -0.4 is 4.74 Å². The van der Waals surface area contributed by atoms with Gasteiger partial charge in [-0.15, -0.1) is 0 Å². The topological polar surface area (TPSA) is 39.9 Å². The van der Waals surface area contributed by atoms with Crippen LogP contribution in [0.2, 0.25) is 0 Å². The Morgan fingerprint density at radius 1 is 1.15 bits per heavy atom. The Kier molecular flexibility index (Phi) is 5.32. The van der Waals surface area contributed by atoms with E-state index >= 15 is 0 Å². The summed E-state index contributed by atoms with van der Waals surface area (Å²) in [6.45, 7) is 10.4. The van der Waals surface area contributed by atoms with E-state index in [0.29, 0.717) is 5.88 Å². The first-order valence-corrected chi connectivity index (χ1v) is 8.67. The summed E-state index contributed by atoms with van der Waals surface area (Å²) >= 11 is 0. The van der Waals surface area contributed by atoms with Crippen LogP contribution in [0.3, 0.4) is 0 Å². The fraction of sp³-hybridized carbons (Fsp3) is 0.182. The molecule has 2 heterocycles. The van der Waals surface area contributed by atoms with Crippen molar-refractivity contribution >= 4 is 11.8 Å². The van der Waals surface area contributed by atoms with E-state index in [1.807, 2.05) is 55.1 Å². The molecule has 0 spiro atoms. The zero-order chi connectivity index (χ0) is 18.5. The van der Waals surface area contributed by atoms with Gasteiger partial charge in [-0.05, 0) is 61.2 Å². The molecule has 4 nitrogen and oxygen atoms in total. The van der Waals surface area contributed by atoms with Crippen LogP contribution >= 0.6 is 0 Å². The number of hydrogen-bond donors (Lipinski definition) is 0. The van der Waals surface area contributed by atoms with Gasteiger partial charge in [0.15, 0.2) is 0 Å². The van der Waals surface area contributed by atoms with Gasteiger partial charge in [0.1, 0.15) is 11.6 Å². The quantitative estimate of drug-likeness (QED) is 0.553. The van der Waals surface area contributed by atoms with E-state index in [2.05, 4.69) is 35.6 Å². The smallest absolute Gasteiger partial charge is 0.227 e. The molecule has 26 heavy (non-hydrogen) atoms. The average Bonchev–Trinajstić information content (AvgIpc) is 3.07. The minimum absolute atomic E-state index is 0.553. The lowest BCUT2D eigenvalue weighted by Gasteiger charge is -2.13. The summed E-state index contributed by atoms with van der Waals surface area (Å²) in [5, 5.41) is 0. The molecule has 0 radical (unpaired) electrons. The van der Waals surface area contributed by atoms with Gasteiger partial charge in [0, 0.05) is 30.4 Å². The van der Waals surface area contributed by atoms with Gasteiger partial charge in [0.25, 0.3) is 0 Å². The average molecular weight is 345 g/mol. The zero-order valence-corrected chi connectivity index (χ0v) is 15.4. The normalized spacial score (nSPS) is 11.4. The Labute approximate surface area is 154 Å². The van der Waals surface area contributed by atoms with Crippen molar-refractivity contribution in [2.75, 3.05) is 0 Å². The Bertz CT molecular complexity index is 936. The molecular weight excluding hydrogens is 322 g/mol. The molecule has 3 rings (SSSR count). The molecule has 4 heteroatoms.